The first-order valence-electron chi connectivity index (χ1n) is 4.28. The van der Waals surface area contributed by atoms with Crippen LogP contribution in [0.15, 0.2) is 0 Å². The molecule has 0 atom stereocenters. The lowest BCUT2D eigenvalue weighted by Gasteiger charge is -2.22. The zero-order valence-corrected chi connectivity index (χ0v) is 8.63. The van der Waals surface area contributed by atoms with Crippen molar-refractivity contribution in [3.05, 3.63) is 0 Å². The topological polar surface area (TPSA) is 57.6 Å². The first kappa shape index (κ1) is 11.9. The van der Waals surface area contributed by atoms with Crippen LogP contribution in [0.4, 0.5) is 0 Å². The van der Waals surface area contributed by atoms with Crippen molar-refractivity contribution in [2.75, 3.05) is 13.6 Å². The minimum Gasteiger partial charge on any atom is -0.481 e. The summed E-state index contributed by atoms with van der Waals surface area (Å²) in [4.78, 5) is 23.6. The van der Waals surface area contributed by atoms with Crippen LogP contribution in [0.3, 0.4) is 0 Å². The van der Waals surface area contributed by atoms with E-state index in [0.717, 1.165) is 0 Å². The Labute approximate surface area is 78.5 Å². The van der Waals surface area contributed by atoms with Crippen LogP contribution >= 0.6 is 0 Å². The maximum atomic E-state index is 11.4. The van der Waals surface area contributed by atoms with Crippen molar-refractivity contribution in [3.8, 4) is 0 Å². The van der Waals surface area contributed by atoms with Gasteiger partial charge in [0.15, 0.2) is 0 Å². The van der Waals surface area contributed by atoms with Gasteiger partial charge in [0, 0.05) is 20.0 Å². The molecule has 0 saturated heterocycles. The molecule has 76 valence electrons. The standard InChI is InChI=1S/C9H17NO3/c1-5-10(4)7(11)6-9(2,3)8(12)13/h5-6H2,1-4H3,(H,12,13). The van der Waals surface area contributed by atoms with Gasteiger partial charge in [-0.3, -0.25) is 9.59 Å². The highest BCUT2D eigenvalue weighted by atomic mass is 16.4. The third-order valence-electron chi connectivity index (χ3n) is 2.07. The van der Waals surface area contributed by atoms with Crippen LogP contribution < -0.4 is 0 Å². The maximum Gasteiger partial charge on any atom is 0.309 e. The average Bonchev–Trinajstić information content (AvgIpc) is 2.01. The Kier molecular flexibility index (Phi) is 3.91. The predicted molar refractivity (Wildman–Crippen MR) is 49.3 cm³/mol. The summed E-state index contributed by atoms with van der Waals surface area (Å²) in [5.74, 6) is -1.07. The van der Waals surface area contributed by atoms with Crippen LogP contribution in [-0.2, 0) is 9.59 Å². The Morgan fingerprint density at radius 2 is 1.85 bits per heavy atom. The Morgan fingerprint density at radius 3 is 2.15 bits per heavy atom. The summed E-state index contributed by atoms with van der Waals surface area (Å²) in [6.45, 7) is 5.56. The van der Waals surface area contributed by atoms with Gasteiger partial charge in [-0.25, -0.2) is 0 Å². The number of hydrogen-bond acceptors (Lipinski definition) is 2. The van der Waals surface area contributed by atoms with E-state index in [9.17, 15) is 9.59 Å². The molecule has 0 aliphatic carbocycles. The van der Waals surface area contributed by atoms with E-state index in [1.165, 1.54) is 4.90 Å². The molecule has 0 unspecified atom stereocenters. The summed E-state index contributed by atoms with van der Waals surface area (Å²) in [7, 11) is 1.67. The predicted octanol–water partition coefficient (Wildman–Crippen LogP) is 0.966. The molecule has 0 aromatic rings. The van der Waals surface area contributed by atoms with Crippen molar-refractivity contribution in [1.29, 1.82) is 0 Å². The zero-order chi connectivity index (χ0) is 10.6. The number of nitrogens with zero attached hydrogens (tertiary/aromatic N) is 1. The van der Waals surface area contributed by atoms with E-state index >= 15 is 0 Å². The lowest BCUT2D eigenvalue weighted by molar-refractivity contribution is -0.151. The smallest absolute Gasteiger partial charge is 0.309 e. The highest BCUT2D eigenvalue weighted by Gasteiger charge is 2.30. The molecule has 0 fully saturated rings. The molecule has 0 radical (unpaired) electrons. The maximum absolute atomic E-state index is 11.4. The van der Waals surface area contributed by atoms with Gasteiger partial charge in [0.2, 0.25) is 5.91 Å². The van der Waals surface area contributed by atoms with Gasteiger partial charge >= 0.3 is 5.97 Å². The summed E-state index contributed by atoms with van der Waals surface area (Å²) >= 11 is 0. The molecule has 0 saturated carbocycles. The average molecular weight is 187 g/mol. The molecule has 0 aliphatic rings. The molecule has 0 aromatic carbocycles. The lowest BCUT2D eigenvalue weighted by atomic mass is 9.89. The number of rotatable bonds is 4. The van der Waals surface area contributed by atoms with E-state index in [-0.39, 0.29) is 12.3 Å². The lowest BCUT2D eigenvalue weighted by Crippen LogP contribution is -2.34. The number of carbonyl (C=O) groups is 2. The summed E-state index contributed by atoms with van der Waals surface area (Å²) in [6.07, 6.45) is 0.0483. The van der Waals surface area contributed by atoms with Crippen molar-refractivity contribution in [3.63, 3.8) is 0 Å². The summed E-state index contributed by atoms with van der Waals surface area (Å²) in [5, 5.41) is 8.77. The zero-order valence-electron chi connectivity index (χ0n) is 8.63. The number of carbonyl (C=O) groups excluding carboxylic acids is 1. The third kappa shape index (κ3) is 3.44. The molecule has 0 rings (SSSR count). The molecule has 0 spiro atoms. The van der Waals surface area contributed by atoms with Crippen LogP contribution in [0.1, 0.15) is 27.2 Å². The number of hydrogen-bond donors (Lipinski definition) is 1. The molecule has 0 bridgehead atoms. The molecular formula is C9H17NO3. The second-order valence-corrected chi connectivity index (χ2v) is 3.77. The van der Waals surface area contributed by atoms with Gasteiger partial charge in [0.05, 0.1) is 5.41 Å². The van der Waals surface area contributed by atoms with Crippen LogP contribution in [0, 0.1) is 5.41 Å². The highest BCUT2D eigenvalue weighted by Crippen LogP contribution is 2.21. The monoisotopic (exact) mass is 187 g/mol. The minimum atomic E-state index is -0.972. The van der Waals surface area contributed by atoms with Gasteiger partial charge in [-0.05, 0) is 20.8 Å². The summed E-state index contributed by atoms with van der Waals surface area (Å²) in [5.41, 5.74) is -0.972. The number of carboxylic acid groups (broad SMARTS) is 1. The van der Waals surface area contributed by atoms with E-state index in [2.05, 4.69) is 0 Å². The molecule has 0 aromatic heterocycles. The SMILES string of the molecule is CCN(C)C(=O)CC(C)(C)C(=O)O. The van der Waals surface area contributed by atoms with E-state index < -0.39 is 11.4 Å². The Hall–Kier alpha value is -1.06. The first-order valence-corrected chi connectivity index (χ1v) is 4.28. The fourth-order valence-electron chi connectivity index (χ4n) is 0.765. The first-order chi connectivity index (χ1) is 5.81. The summed E-state index contributed by atoms with van der Waals surface area (Å²) in [6, 6.07) is 0. The Balaban J connectivity index is 4.28. The molecule has 1 amide bonds. The van der Waals surface area contributed by atoms with Crippen LogP contribution in [0.25, 0.3) is 0 Å². The molecule has 4 nitrogen and oxygen atoms in total. The highest BCUT2D eigenvalue weighted by molar-refractivity contribution is 5.84. The van der Waals surface area contributed by atoms with E-state index in [4.69, 9.17) is 5.11 Å². The quantitative estimate of drug-likeness (QED) is 0.713. The largest absolute Gasteiger partial charge is 0.481 e. The number of carboxylic acids is 1. The van der Waals surface area contributed by atoms with Gasteiger partial charge in [-0.1, -0.05) is 0 Å². The summed E-state index contributed by atoms with van der Waals surface area (Å²) < 4.78 is 0. The van der Waals surface area contributed by atoms with E-state index in [0.29, 0.717) is 6.54 Å². The third-order valence-corrected chi connectivity index (χ3v) is 2.07. The van der Waals surface area contributed by atoms with Crippen molar-refractivity contribution in [2.45, 2.75) is 27.2 Å². The Morgan fingerprint density at radius 1 is 1.38 bits per heavy atom. The van der Waals surface area contributed by atoms with Gasteiger partial charge in [0.25, 0.3) is 0 Å². The van der Waals surface area contributed by atoms with Gasteiger partial charge in [-0.2, -0.15) is 0 Å². The number of amides is 1. The van der Waals surface area contributed by atoms with Crippen molar-refractivity contribution in [2.24, 2.45) is 5.41 Å². The van der Waals surface area contributed by atoms with Crippen molar-refractivity contribution < 1.29 is 14.7 Å². The molecule has 13 heavy (non-hydrogen) atoms. The van der Waals surface area contributed by atoms with Gasteiger partial charge in [0.1, 0.15) is 0 Å². The van der Waals surface area contributed by atoms with Crippen LogP contribution in [0.5, 0.6) is 0 Å². The molecule has 1 N–H and O–H groups in total. The van der Waals surface area contributed by atoms with Gasteiger partial charge < -0.3 is 10.0 Å². The van der Waals surface area contributed by atoms with Crippen molar-refractivity contribution in [1.82, 2.24) is 4.90 Å². The number of aliphatic carboxylic acids is 1. The van der Waals surface area contributed by atoms with E-state index in [1.807, 2.05) is 6.92 Å². The Bertz CT molecular complexity index is 211. The molecular weight excluding hydrogens is 170 g/mol. The minimum absolute atomic E-state index is 0.0483. The van der Waals surface area contributed by atoms with Crippen LogP contribution in [-0.4, -0.2) is 35.5 Å². The molecule has 4 heteroatoms. The van der Waals surface area contributed by atoms with Crippen molar-refractivity contribution >= 4 is 11.9 Å². The van der Waals surface area contributed by atoms with Crippen LogP contribution in [0.2, 0.25) is 0 Å². The van der Waals surface area contributed by atoms with E-state index in [1.54, 1.807) is 20.9 Å². The fraction of sp³-hybridized carbons (Fsp3) is 0.778. The second kappa shape index (κ2) is 4.25. The fourth-order valence-corrected chi connectivity index (χ4v) is 0.765. The second-order valence-electron chi connectivity index (χ2n) is 3.77. The molecule has 0 aliphatic heterocycles. The van der Waals surface area contributed by atoms with Gasteiger partial charge in [-0.15, -0.1) is 0 Å². The molecule has 0 heterocycles. The normalized spacial score (nSPS) is 11.1.